The summed E-state index contributed by atoms with van der Waals surface area (Å²) in [6.45, 7) is 3.36. The van der Waals surface area contributed by atoms with Crippen LogP contribution in [0.4, 0.5) is 5.82 Å². The van der Waals surface area contributed by atoms with E-state index in [-0.39, 0.29) is 11.9 Å². The molecule has 146 valence electrons. The number of nitrogens with zero attached hydrogens (tertiary/aromatic N) is 6. The van der Waals surface area contributed by atoms with Crippen LogP contribution in [0, 0.1) is 6.92 Å². The third-order valence-electron chi connectivity index (χ3n) is 5.18. The van der Waals surface area contributed by atoms with Crippen LogP contribution in [0.15, 0.2) is 30.3 Å². The van der Waals surface area contributed by atoms with Crippen LogP contribution in [-0.4, -0.2) is 56.8 Å². The normalized spacial score (nSPS) is 14.4. The molecule has 1 amide bonds. The van der Waals surface area contributed by atoms with E-state index in [0.29, 0.717) is 22.9 Å². The van der Waals surface area contributed by atoms with Crippen molar-refractivity contribution in [2.75, 3.05) is 25.0 Å². The molecule has 1 aromatic carbocycles. The maximum atomic E-state index is 12.6. The van der Waals surface area contributed by atoms with Gasteiger partial charge in [0.15, 0.2) is 11.5 Å². The number of carbonyl (C=O) groups excluding carboxylic acids is 1. The molecule has 0 N–H and O–H groups in total. The lowest BCUT2D eigenvalue weighted by molar-refractivity contribution is -0.132. The van der Waals surface area contributed by atoms with Crippen molar-refractivity contribution in [1.82, 2.24) is 24.7 Å². The number of amides is 1. The molecule has 1 aliphatic rings. The number of anilines is 1. The lowest BCUT2D eigenvalue weighted by Gasteiger charge is -2.44. The Kier molecular flexibility index (Phi) is 5.12. The zero-order valence-electron chi connectivity index (χ0n) is 15.6. The summed E-state index contributed by atoms with van der Waals surface area (Å²) in [5, 5.41) is 13.8. The number of likely N-dealkylation sites (N-methyl/N-ethyl adjacent to an activating group) is 1. The van der Waals surface area contributed by atoms with Crippen LogP contribution >= 0.6 is 23.2 Å². The summed E-state index contributed by atoms with van der Waals surface area (Å²) >= 11 is 12.4. The van der Waals surface area contributed by atoms with Gasteiger partial charge in [-0.15, -0.1) is 15.3 Å². The topological polar surface area (TPSA) is 66.6 Å². The van der Waals surface area contributed by atoms with Gasteiger partial charge in [-0.25, -0.2) is 0 Å². The van der Waals surface area contributed by atoms with Gasteiger partial charge in [-0.1, -0.05) is 29.3 Å². The van der Waals surface area contributed by atoms with E-state index >= 15 is 0 Å². The van der Waals surface area contributed by atoms with E-state index in [4.69, 9.17) is 23.2 Å². The van der Waals surface area contributed by atoms with Gasteiger partial charge >= 0.3 is 0 Å². The van der Waals surface area contributed by atoms with Gasteiger partial charge in [0.2, 0.25) is 5.91 Å². The van der Waals surface area contributed by atoms with E-state index in [0.717, 1.165) is 35.9 Å². The Bertz CT molecular complexity index is 1010. The number of aromatic nitrogens is 4. The lowest BCUT2D eigenvalue weighted by atomic mass is 10.1. The average Bonchev–Trinajstić information content (AvgIpc) is 3.00. The molecular formula is C19H20Cl2N6O. The number of carbonyl (C=O) groups is 1. The molecule has 2 aromatic heterocycles. The molecule has 0 bridgehead atoms. The summed E-state index contributed by atoms with van der Waals surface area (Å²) < 4.78 is 1.73. The van der Waals surface area contributed by atoms with E-state index in [1.807, 2.05) is 31.0 Å². The predicted octanol–water partition coefficient (Wildman–Crippen LogP) is 3.02. The zero-order valence-corrected chi connectivity index (χ0v) is 17.2. The minimum atomic E-state index is 0.0821. The monoisotopic (exact) mass is 418 g/mol. The Balaban J connectivity index is 1.34. The van der Waals surface area contributed by atoms with Crippen molar-refractivity contribution in [3.8, 4) is 0 Å². The number of aryl methyl sites for hydroxylation is 1. The highest BCUT2D eigenvalue weighted by molar-refractivity contribution is 6.36. The van der Waals surface area contributed by atoms with Crippen LogP contribution in [0.1, 0.15) is 17.8 Å². The summed E-state index contributed by atoms with van der Waals surface area (Å²) in [7, 11) is 1.85. The van der Waals surface area contributed by atoms with Gasteiger partial charge in [0.25, 0.3) is 0 Å². The number of halogens is 2. The van der Waals surface area contributed by atoms with E-state index in [1.54, 1.807) is 22.7 Å². The summed E-state index contributed by atoms with van der Waals surface area (Å²) in [5.74, 6) is 1.69. The van der Waals surface area contributed by atoms with E-state index in [2.05, 4.69) is 20.2 Å². The van der Waals surface area contributed by atoms with Crippen molar-refractivity contribution in [2.24, 2.45) is 0 Å². The summed E-state index contributed by atoms with van der Waals surface area (Å²) in [6.07, 6.45) is 0.907. The fraction of sp³-hybridized carbons (Fsp3) is 0.368. The maximum Gasteiger partial charge on any atom is 0.223 e. The Hall–Kier alpha value is -2.38. The first-order valence-corrected chi connectivity index (χ1v) is 9.82. The highest BCUT2D eigenvalue weighted by Gasteiger charge is 2.33. The van der Waals surface area contributed by atoms with Crippen LogP contribution in [0.5, 0.6) is 0 Å². The Labute approximate surface area is 172 Å². The molecule has 0 saturated carbocycles. The van der Waals surface area contributed by atoms with Crippen molar-refractivity contribution in [3.63, 3.8) is 0 Å². The van der Waals surface area contributed by atoms with Gasteiger partial charge < -0.3 is 9.80 Å². The predicted molar refractivity (Wildman–Crippen MR) is 109 cm³/mol. The van der Waals surface area contributed by atoms with Crippen molar-refractivity contribution in [1.29, 1.82) is 0 Å². The van der Waals surface area contributed by atoms with Gasteiger partial charge in [0.05, 0.1) is 6.04 Å². The van der Waals surface area contributed by atoms with Gasteiger partial charge in [0.1, 0.15) is 5.82 Å². The molecule has 7 nitrogen and oxygen atoms in total. The molecule has 28 heavy (non-hydrogen) atoms. The smallest absolute Gasteiger partial charge is 0.223 e. The fourth-order valence-corrected chi connectivity index (χ4v) is 3.91. The molecule has 1 saturated heterocycles. The average molecular weight is 419 g/mol. The second kappa shape index (κ2) is 7.56. The third-order valence-corrected chi connectivity index (χ3v) is 5.89. The number of fused-ring (bicyclic) bond motifs is 1. The molecule has 3 heterocycles. The molecule has 1 fully saturated rings. The number of rotatable bonds is 5. The molecule has 0 unspecified atom stereocenters. The zero-order chi connectivity index (χ0) is 19.8. The van der Waals surface area contributed by atoms with Crippen molar-refractivity contribution in [2.45, 2.75) is 25.8 Å². The number of benzene rings is 1. The molecule has 3 aromatic rings. The van der Waals surface area contributed by atoms with Crippen LogP contribution in [-0.2, 0) is 11.2 Å². The highest BCUT2D eigenvalue weighted by atomic mass is 35.5. The second-order valence-electron chi connectivity index (χ2n) is 6.97. The van der Waals surface area contributed by atoms with E-state index in [9.17, 15) is 4.79 Å². The van der Waals surface area contributed by atoms with Gasteiger partial charge in [0, 0.05) is 36.6 Å². The molecular weight excluding hydrogens is 399 g/mol. The van der Waals surface area contributed by atoms with Gasteiger partial charge in [-0.2, -0.15) is 4.52 Å². The lowest BCUT2D eigenvalue weighted by Crippen LogP contribution is -2.60. The van der Waals surface area contributed by atoms with E-state index < -0.39 is 0 Å². The first kappa shape index (κ1) is 19.0. The minimum absolute atomic E-state index is 0.0821. The van der Waals surface area contributed by atoms with Crippen molar-refractivity contribution < 1.29 is 4.79 Å². The molecule has 9 heteroatoms. The largest absolute Gasteiger partial charge is 0.351 e. The number of hydrogen-bond acceptors (Lipinski definition) is 5. The second-order valence-corrected chi connectivity index (χ2v) is 7.79. The number of hydrogen-bond donors (Lipinski definition) is 0. The van der Waals surface area contributed by atoms with Crippen molar-refractivity contribution in [3.05, 3.63) is 51.8 Å². The summed E-state index contributed by atoms with van der Waals surface area (Å²) in [6, 6.07) is 9.38. The summed E-state index contributed by atoms with van der Waals surface area (Å²) in [5.41, 5.74) is 1.55. The standard InChI is InChI=1S/C19H20Cl2N6O/c1-12-22-23-17-7-8-18(24-27(12)17)26-10-13(11-26)25(2)19(28)9-6-14-15(20)4-3-5-16(14)21/h3-5,7-8,13H,6,9-11H2,1-2H3. The Morgan fingerprint density at radius 3 is 2.61 bits per heavy atom. The van der Waals surface area contributed by atoms with Crippen LogP contribution in [0.2, 0.25) is 10.0 Å². The molecule has 0 spiro atoms. The minimum Gasteiger partial charge on any atom is -0.351 e. The Morgan fingerprint density at radius 2 is 1.89 bits per heavy atom. The van der Waals surface area contributed by atoms with Crippen LogP contribution in [0.3, 0.4) is 0 Å². The summed E-state index contributed by atoms with van der Waals surface area (Å²) in [4.78, 5) is 16.5. The quantitative estimate of drug-likeness (QED) is 0.636. The molecule has 1 aliphatic heterocycles. The maximum absolute atomic E-state index is 12.6. The van der Waals surface area contributed by atoms with Crippen LogP contribution in [0.25, 0.3) is 5.65 Å². The molecule has 0 aliphatic carbocycles. The molecule has 4 rings (SSSR count). The highest BCUT2D eigenvalue weighted by Crippen LogP contribution is 2.26. The first-order chi connectivity index (χ1) is 13.4. The molecule has 0 atom stereocenters. The third kappa shape index (κ3) is 3.52. The first-order valence-electron chi connectivity index (χ1n) is 9.06. The van der Waals surface area contributed by atoms with Crippen molar-refractivity contribution >= 4 is 40.6 Å². The molecule has 0 radical (unpaired) electrons. The van der Waals surface area contributed by atoms with Gasteiger partial charge in [-0.05, 0) is 43.2 Å². The Morgan fingerprint density at radius 1 is 1.18 bits per heavy atom. The van der Waals surface area contributed by atoms with Crippen LogP contribution < -0.4 is 4.90 Å². The fourth-order valence-electron chi connectivity index (χ4n) is 3.33. The van der Waals surface area contributed by atoms with E-state index in [1.165, 1.54) is 0 Å². The van der Waals surface area contributed by atoms with Gasteiger partial charge in [-0.3, -0.25) is 4.79 Å². The SMILES string of the molecule is Cc1nnc2ccc(N3CC(N(C)C(=O)CCc4c(Cl)cccc4Cl)C3)nn12.